The lowest BCUT2D eigenvalue weighted by atomic mass is 10.0. The molecule has 0 amide bonds. The molecule has 0 spiro atoms. The summed E-state index contributed by atoms with van der Waals surface area (Å²) < 4.78 is 0. The number of nitrogens with one attached hydrogen (secondary N) is 1. The summed E-state index contributed by atoms with van der Waals surface area (Å²) in [5.74, 6) is -0.832. The highest BCUT2D eigenvalue weighted by atomic mass is 16.6. The van der Waals surface area contributed by atoms with Gasteiger partial charge in [-0.1, -0.05) is 70.8 Å². The van der Waals surface area contributed by atoms with E-state index in [9.17, 15) is 4.79 Å². The monoisotopic (exact) mass is 313 g/mol. The molecule has 4 heteroatoms. The minimum Gasteiger partial charge on any atom is -0.481 e. The third-order valence-corrected chi connectivity index (χ3v) is 3.78. The fourth-order valence-corrected chi connectivity index (χ4v) is 2.44. The van der Waals surface area contributed by atoms with Crippen molar-refractivity contribution in [2.24, 2.45) is 0 Å². The summed E-state index contributed by atoms with van der Waals surface area (Å²) in [5, 5.41) is 8.55. The van der Waals surface area contributed by atoms with E-state index in [-0.39, 0.29) is 19.1 Å². The van der Waals surface area contributed by atoms with Crippen LogP contribution in [0, 0.1) is 0 Å². The zero-order chi connectivity index (χ0) is 16.5. The number of rotatable bonds is 17. The summed E-state index contributed by atoms with van der Waals surface area (Å²) in [4.78, 5) is 15.6. The van der Waals surface area contributed by atoms with E-state index in [0.29, 0.717) is 0 Å². The molecular formula is C18H35NO3. The van der Waals surface area contributed by atoms with E-state index in [4.69, 9.17) is 9.94 Å². The highest BCUT2D eigenvalue weighted by Gasteiger charge is 2.07. The van der Waals surface area contributed by atoms with Crippen LogP contribution in [0.1, 0.15) is 84.0 Å². The summed E-state index contributed by atoms with van der Waals surface area (Å²) in [6, 6.07) is 0.246. The Morgan fingerprint density at radius 1 is 1.14 bits per heavy atom. The first kappa shape index (κ1) is 21.1. The lowest BCUT2D eigenvalue weighted by Crippen LogP contribution is -2.29. The molecule has 22 heavy (non-hydrogen) atoms. The Morgan fingerprint density at radius 3 is 2.27 bits per heavy atom. The maximum Gasteiger partial charge on any atom is 0.305 e. The number of hydrogen-bond acceptors (Lipinski definition) is 3. The van der Waals surface area contributed by atoms with Crippen LogP contribution in [0.3, 0.4) is 0 Å². The number of carboxylic acid groups (broad SMARTS) is 1. The normalized spacial score (nSPS) is 12.2. The lowest BCUT2D eigenvalue weighted by molar-refractivity contribution is -0.139. The highest BCUT2D eigenvalue weighted by Crippen LogP contribution is 2.12. The summed E-state index contributed by atoms with van der Waals surface area (Å²) in [7, 11) is 0. The van der Waals surface area contributed by atoms with Gasteiger partial charge in [-0.15, -0.1) is 6.58 Å². The van der Waals surface area contributed by atoms with Crippen molar-refractivity contribution in [1.82, 2.24) is 5.48 Å². The number of aliphatic carboxylic acids is 1. The summed E-state index contributed by atoms with van der Waals surface area (Å²) in [6.45, 7) is 6.22. The van der Waals surface area contributed by atoms with E-state index in [0.717, 1.165) is 12.8 Å². The Balaban J connectivity index is 3.48. The largest absolute Gasteiger partial charge is 0.481 e. The number of hydrogen-bond donors (Lipinski definition) is 2. The van der Waals surface area contributed by atoms with E-state index in [2.05, 4.69) is 19.0 Å². The summed E-state index contributed by atoms with van der Waals surface area (Å²) >= 11 is 0. The van der Waals surface area contributed by atoms with Crippen molar-refractivity contribution in [3.05, 3.63) is 12.7 Å². The van der Waals surface area contributed by atoms with Gasteiger partial charge in [0.15, 0.2) is 0 Å². The van der Waals surface area contributed by atoms with Gasteiger partial charge in [-0.05, 0) is 12.8 Å². The Kier molecular flexibility index (Phi) is 15.8. The molecule has 0 fully saturated rings. The van der Waals surface area contributed by atoms with Gasteiger partial charge in [0.05, 0.1) is 13.0 Å². The van der Waals surface area contributed by atoms with Gasteiger partial charge in [-0.3, -0.25) is 4.79 Å². The van der Waals surface area contributed by atoms with Crippen molar-refractivity contribution in [2.45, 2.75) is 90.0 Å². The van der Waals surface area contributed by atoms with Crippen LogP contribution in [-0.2, 0) is 9.63 Å². The molecule has 0 saturated heterocycles. The fraction of sp³-hybridized carbons (Fsp3) is 0.833. The minimum absolute atomic E-state index is 0.0336. The van der Waals surface area contributed by atoms with Crippen molar-refractivity contribution in [3.63, 3.8) is 0 Å². The molecule has 0 aromatic rings. The van der Waals surface area contributed by atoms with E-state index in [1.54, 1.807) is 0 Å². The molecule has 4 nitrogen and oxygen atoms in total. The lowest BCUT2D eigenvalue weighted by Gasteiger charge is -2.16. The molecule has 130 valence electrons. The van der Waals surface area contributed by atoms with Crippen molar-refractivity contribution in [2.75, 3.05) is 6.61 Å². The predicted molar refractivity (Wildman–Crippen MR) is 91.8 cm³/mol. The molecule has 0 aliphatic heterocycles. The van der Waals surface area contributed by atoms with Gasteiger partial charge in [0.2, 0.25) is 0 Å². The average molecular weight is 313 g/mol. The van der Waals surface area contributed by atoms with Crippen LogP contribution in [0.25, 0.3) is 0 Å². The van der Waals surface area contributed by atoms with Crippen LogP contribution in [0.2, 0.25) is 0 Å². The first-order valence-electron chi connectivity index (χ1n) is 8.90. The van der Waals surface area contributed by atoms with Gasteiger partial charge in [0.25, 0.3) is 0 Å². The standard InChI is InChI=1S/C18H35NO3/c1-3-5-6-7-8-9-10-11-12-14-17(13-4-2)19-22-16-15-18(20)21/h4,17,19H,2-3,5-16H2,1H3,(H,20,21). The second kappa shape index (κ2) is 16.5. The Hall–Kier alpha value is -0.870. The molecule has 0 aliphatic rings. The number of hydroxylamine groups is 1. The van der Waals surface area contributed by atoms with Crippen LogP contribution in [0.15, 0.2) is 12.7 Å². The average Bonchev–Trinajstić information content (AvgIpc) is 2.49. The third kappa shape index (κ3) is 15.5. The molecule has 2 N–H and O–H groups in total. The van der Waals surface area contributed by atoms with Gasteiger partial charge in [-0.2, -0.15) is 5.48 Å². The van der Waals surface area contributed by atoms with Gasteiger partial charge in [-0.25, -0.2) is 0 Å². The Labute approximate surface area is 136 Å². The maximum absolute atomic E-state index is 10.4. The molecule has 0 radical (unpaired) electrons. The van der Waals surface area contributed by atoms with Crippen molar-refractivity contribution in [3.8, 4) is 0 Å². The maximum atomic E-state index is 10.4. The summed E-state index contributed by atoms with van der Waals surface area (Å²) in [5.41, 5.74) is 2.97. The number of carbonyl (C=O) groups is 1. The van der Waals surface area contributed by atoms with Gasteiger partial charge >= 0.3 is 5.97 Å². The fourth-order valence-electron chi connectivity index (χ4n) is 2.44. The summed E-state index contributed by atoms with van der Waals surface area (Å²) in [6.07, 6.45) is 15.7. The van der Waals surface area contributed by atoms with Crippen LogP contribution >= 0.6 is 0 Å². The predicted octanol–water partition coefficient (Wildman–Crippen LogP) is 4.85. The van der Waals surface area contributed by atoms with E-state index in [1.807, 2.05) is 6.08 Å². The van der Waals surface area contributed by atoms with Crippen molar-refractivity contribution in [1.29, 1.82) is 0 Å². The number of unbranched alkanes of at least 4 members (excludes halogenated alkanes) is 8. The van der Waals surface area contributed by atoms with Crippen LogP contribution < -0.4 is 5.48 Å². The molecular weight excluding hydrogens is 278 g/mol. The molecule has 0 heterocycles. The molecule has 1 unspecified atom stereocenters. The zero-order valence-corrected chi connectivity index (χ0v) is 14.3. The second-order valence-corrected chi connectivity index (χ2v) is 5.95. The van der Waals surface area contributed by atoms with E-state index < -0.39 is 5.97 Å². The molecule has 0 bridgehead atoms. The molecule has 0 aliphatic carbocycles. The third-order valence-electron chi connectivity index (χ3n) is 3.78. The smallest absolute Gasteiger partial charge is 0.305 e. The molecule has 0 aromatic carbocycles. The quantitative estimate of drug-likeness (QED) is 0.229. The van der Waals surface area contributed by atoms with E-state index >= 15 is 0 Å². The Bertz CT molecular complexity index is 269. The molecule has 0 rings (SSSR count). The van der Waals surface area contributed by atoms with Crippen LogP contribution in [-0.4, -0.2) is 23.7 Å². The highest BCUT2D eigenvalue weighted by molar-refractivity contribution is 5.66. The Morgan fingerprint density at radius 2 is 1.73 bits per heavy atom. The van der Waals surface area contributed by atoms with Crippen molar-refractivity contribution >= 4 is 5.97 Å². The molecule has 0 saturated carbocycles. The first-order chi connectivity index (χ1) is 10.7. The molecule has 0 aromatic heterocycles. The van der Waals surface area contributed by atoms with Crippen LogP contribution in [0.4, 0.5) is 0 Å². The number of carboxylic acids is 1. The zero-order valence-electron chi connectivity index (χ0n) is 14.3. The van der Waals surface area contributed by atoms with E-state index in [1.165, 1.54) is 57.8 Å². The molecule has 1 atom stereocenters. The van der Waals surface area contributed by atoms with Gasteiger partial charge in [0.1, 0.15) is 0 Å². The topological polar surface area (TPSA) is 58.6 Å². The SMILES string of the molecule is C=CCC(CCCCCCCCCCC)NOCCC(=O)O. The minimum atomic E-state index is -0.832. The van der Waals surface area contributed by atoms with Gasteiger partial charge in [0, 0.05) is 6.04 Å². The first-order valence-corrected chi connectivity index (χ1v) is 8.90. The second-order valence-electron chi connectivity index (χ2n) is 5.95. The van der Waals surface area contributed by atoms with Gasteiger partial charge < -0.3 is 9.94 Å². The van der Waals surface area contributed by atoms with Crippen molar-refractivity contribution < 1.29 is 14.7 Å². The van der Waals surface area contributed by atoms with Crippen LogP contribution in [0.5, 0.6) is 0 Å².